The van der Waals surface area contributed by atoms with Gasteiger partial charge in [-0.3, -0.25) is 9.48 Å². The highest BCUT2D eigenvalue weighted by molar-refractivity contribution is 6.09. The van der Waals surface area contributed by atoms with Crippen LogP contribution in [0.3, 0.4) is 0 Å². The third-order valence-electron chi connectivity index (χ3n) is 4.09. The number of benzene rings is 1. The second kappa shape index (κ2) is 5.02. The molecule has 0 radical (unpaired) electrons. The number of para-hydroxylation sites is 1. The lowest BCUT2D eigenvalue weighted by Gasteiger charge is -2.02. The van der Waals surface area contributed by atoms with E-state index < -0.39 is 0 Å². The third kappa shape index (κ3) is 2.19. The summed E-state index contributed by atoms with van der Waals surface area (Å²) in [5.74, 6) is 1.66. The first-order valence-electron chi connectivity index (χ1n) is 7.37. The van der Waals surface area contributed by atoms with Crippen LogP contribution >= 0.6 is 0 Å². The maximum absolute atomic E-state index is 12.5. The molecule has 1 aliphatic heterocycles. The van der Waals surface area contributed by atoms with E-state index in [1.54, 1.807) is 24.3 Å². The second-order valence-electron chi connectivity index (χ2n) is 5.62. The fourth-order valence-electron chi connectivity index (χ4n) is 2.75. The summed E-state index contributed by atoms with van der Waals surface area (Å²) in [5, 5.41) is 4.30. The van der Waals surface area contributed by atoms with Crippen molar-refractivity contribution < 1.29 is 14.3 Å². The predicted octanol–water partition coefficient (Wildman–Crippen LogP) is 2.92. The van der Waals surface area contributed by atoms with Crippen molar-refractivity contribution >= 4 is 11.9 Å². The number of hydrogen-bond donors (Lipinski definition) is 0. The van der Waals surface area contributed by atoms with E-state index in [0.29, 0.717) is 23.0 Å². The molecule has 0 atom stereocenters. The minimum absolute atomic E-state index is 0.0923. The summed E-state index contributed by atoms with van der Waals surface area (Å²) in [4.78, 5) is 12.5. The van der Waals surface area contributed by atoms with Crippen LogP contribution in [-0.2, 0) is 7.05 Å². The summed E-state index contributed by atoms with van der Waals surface area (Å²) in [6.45, 7) is 0.164. The van der Waals surface area contributed by atoms with Gasteiger partial charge < -0.3 is 9.47 Å². The van der Waals surface area contributed by atoms with Crippen LogP contribution in [-0.4, -0.2) is 22.4 Å². The number of allylic oxidation sites excluding steroid dienone is 1. The quantitative estimate of drug-likeness (QED) is 0.643. The molecule has 0 amide bonds. The van der Waals surface area contributed by atoms with E-state index in [4.69, 9.17) is 9.47 Å². The average Bonchev–Trinajstić information content (AvgIpc) is 3.13. The van der Waals surface area contributed by atoms with Crippen molar-refractivity contribution in [2.24, 2.45) is 7.05 Å². The summed E-state index contributed by atoms with van der Waals surface area (Å²) in [6, 6.07) is 5.36. The Hall–Kier alpha value is -2.56. The lowest BCUT2D eigenvalue weighted by molar-refractivity contribution is 0.104. The Balaban J connectivity index is 1.63. The topological polar surface area (TPSA) is 53.4 Å². The van der Waals surface area contributed by atoms with Gasteiger partial charge in [0.2, 0.25) is 6.79 Å². The third-order valence-corrected chi connectivity index (χ3v) is 4.09. The fraction of sp³-hybridized carbons (Fsp3) is 0.294. The Bertz CT molecular complexity index is 772. The van der Waals surface area contributed by atoms with Crippen LogP contribution in [0.4, 0.5) is 0 Å². The molecule has 1 saturated carbocycles. The van der Waals surface area contributed by atoms with Gasteiger partial charge in [0.15, 0.2) is 17.3 Å². The molecule has 4 rings (SSSR count). The molecule has 5 nitrogen and oxygen atoms in total. The van der Waals surface area contributed by atoms with E-state index in [9.17, 15) is 4.79 Å². The number of carbonyl (C=O) groups excluding carboxylic acids is 1. The highest BCUT2D eigenvalue weighted by Gasteiger charge is 2.27. The predicted molar refractivity (Wildman–Crippen MR) is 81.1 cm³/mol. The molecule has 1 aliphatic carbocycles. The number of rotatable bonds is 4. The molecule has 0 saturated heterocycles. The Morgan fingerprint density at radius 2 is 2.23 bits per heavy atom. The molecule has 0 unspecified atom stereocenters. The van der Waals surface area contributed by atoms with Crippen molar-refractivity contribution in [1.82, 2.24) is 9.78 Å². The van der Waals surface area contributed by atoms with Crippen molar-refractivity contribution in [1.29, 1.82) is 0 Å². The van der Waals surface area contributed by atoms with Crippen molar-refractivity contribution in [3.63, 3.8) is 0 Å². The first kappa shape index (κ1) is 13.1. The summed E-state index contributed by atoms with van der Waals surface area (Å²) < 4.78 is 12.5. The molecular weight excluding hydrogens is 280 g/mol. The van der Waals surface area contributed by atoms with Crippen LogP contribution in [0.25, 0.3) is 6.08 Å². The second-order valence-corrected chi connectivity index (χ2v) is 5.62. The summed E-state index contributed by atoms with van der Waals surface area (Å²) in [6.07, 6.45) is 7.74. The van der Waals surface area contributed by atoms with Gasteiger partial charge in [0.05, 0.1) is 17.5 Å². The van der Waals surface area contributed by atoms with Gasteiger partial charge in [-0.15, -0.1) is 0 Å². The first-order valence-corrected chi connectivity index (χ1v) is 7.37. The first-order chi connectivity index (χ1) is 10.7. The molecule has 1 fully saturated rings. The molecular formula is C17H16N2O3. The highest BCUT2D eigenvalue weighted by Crippen LogP contribution is 2.42. The number of aryl methyl sites for hydroxylation is 1. The number of ether oxygens (including phenoxy) is 2. The van der Waals surface area contributed by atoms with Crippen molar-refractivity contribution in [2.45, 2.75) is 18.8 Å². The van der Waals surface area contributed by atoms with Crippen LogP contribution in [0, 0.1) is 0 Å². The van der Waals surface area contributed by atoms with Gasteiger partial charge in [-0.05, 0) is 43.0 Å². The monoisotopic (exact) mass is 296 g/mol. The number of fused-ring (bicyclic) bond motifs is 1. The Kier molecular flexibility index (Phi) is 2.99. The van der Waals surface area contributed by atoms with E-state index in [-0.39, 0.29) is 12.6 Å². The number of carbonyl (C=O) groups is 1. The van der Waals surface area contributed by atoms with Gasteiger partial charge in [0.25, 0.3) is 0 Å². The Morgan fingerprint density at radius 1 is 1.36 bits per heavy atom. The Labute approximate surface area is 128 Å². The molecule has 22 heavy (non-hydrogen) atoms. The van der Waals surface area contributed by atoms with Gasteiger partial charge in [0, 0.05) is 12.6 Å². The highest BCUT2D eigenvalue weighted by atomic mass is 16.7. The molecule has 2 aromatic rings. The molecule has 0 spiro atoms. The van der Waals surface area contributed by atoms with Crippen LogP contribution in [0.1, 0.15) is 40.4 Å². The van der Waals surface area contributed by atoms with E-state index in [0.717, 1.165) is 5.69 Å². The molecule has 1 aromatic carbocycles. The lowest BCUT2D eigenvalue weighted by Crippen LogP contribution is -1.99. The standard InChI is InChI=1S/C17H16N2O3/c1-19-14(13(9-18-19)11-5-6-11)7-8-15(20)12-3-2-4-16-17(12)22-10-21-16/h2-4,7-9,11H,5-6,10H2,1H3/b8-7+. The fourth-order valence-corrected chi connectivity index (χ4v) is 2.75. The molecule has 0 bridgehead atoms. The molecule has 0 N–H and O–H groups in total. The van der Waals surface area contributed by atoms with E-state index in [2.05, 4.69) is 5.10 Å². The molecule has 2 heterocycles. The number of aromatic nitrogens is 2. The van der Waals surface area contributed by atoms with Crippen molar-refractivity contribution in [3.8, 4) is 11.5 Å². The van der Waals surface area contributed by atoms with Gasteiger partial charge in [0.1, 0.15) is 0 Å². The molecule has 112 valence electrons. The van der Waals surface area contributed by atoms with Crippen molar-refractivity contribution in [2.75, 3.05) is 6.79 Å². The largest absolute Gasteiger partial charge is 0.454 e. The molecule has 2 aliphatic rings. The minimum Gasteiger partial charge on any atom is -0.454 e. The normalized spacial score (nSPS) is 16.4. The van der Waals surface area contributed by atoms with Gasteiger partial charge in [-0.2, -0.15) is 5.10 Å². The van der Waals surface area contributed by atoms with Crippen LogP contribution in [0.5, 0.6) is 11.5 Å². The van der Waals surface area contributed by atoms with Gasteiger partial charge >= 0.3 is 0 Å². The van der Waals surface area contributed by atoms with Crippen LogP contribution < -0.4 is 9.47 Å². The lowest BCUT2D eigenvalue weighted by atomic mass is 10.1. The smallest absolute Gasteiger partial charge is 0.231 e. The number of hydrogen-bond acceptors (Lipinski definition) is 4. The van der Waals surface area contributed by atoms with Gasteiger partial charge in [-0.25, -0.2) is 0 Å². The molecule has 1 aromatic heterocycles. The Morgan fingerprint density at radius 3 is 3.05 bits per heavy atom. The zero-order chi connectivity index (χ0) is 15.1. The number of ketones is 1. The maximum Gasteiger partial charge on any atom is 0.231 e. The SMILES string of the molecule is Cn1ncc(C2CC2)c1/C=C/C(=O)c1cccc2c1OCO2. The van der Waals surface area contributed by atoms with E-state index >= 15 is 0 Å². The van der Waals surface area contributed by atoms with Crippen LogP contribution in [0.2, 0.25) is 0 Å². The van der Waals surface area contributed by atoms with Gasteiger partial charge in [-0.1, -0.05) is 6.07 Å². The van der Waals surface area contributed by atoms with Crippen LogP contribution in [0.15, 0.2) is 30.5 Å². The zero-order valence-corrected chi connectivity index (χ0v) is 12.3. The average molecular weight is 296 g/mol. The summed E-state index contributed by atoms with van der Waals surface area (Å²) >= 11 is 0. The molecule has 5 heteroatoms. The van der Waals surface area contributed by atoms with E-state index in [1.165, 1.54) is 18.4 Å². The van der Waals surface area contributed by atoms with E-state index in [1.807, 2.05) is 24.0 Å². The van der Waals surface area contributed by atoms with Crippen molar-refractivity contribution in [3.05, 3.63) is 47.3 Å². The zero-order valence-electron chi connectivity index (χ0n) is 12.3. The maximum atomic E-state index is 12.5. The minimum atomic E-state index is -0.0923. The summed E-state index contributed by atoms with van der Waals surface area (Å²) in [5.41, 5.74) is 2.76. The number of nitrogens with zero attached hydrogens (tertiary/aromatic N) is 2. The summed E-state index contributed by atoms with van der Waals surface area (Å²) in [7, 11) is 1.90.